The van der Waals surface area contributed by atoms with E-state index >= 15 is 0 Å². The van der Waals surface area contributed by atoms with Crippen LogP contribution in [0.4, 0.5) is 0 Å². The summed E-state index contributed by atoms with van der Waals surface area (Å²) in [6, 6.07) is 9.82. The molecule has 102 valence electrons. The molecule has 1 unspecified atom stereocenters. The van der Waals surface area contributed by atoms with Gasteiger partial charge in [-0.05, 0) is 11.8 Å². The first-order valence-corrected chi connectivity index (χ1v) is 6.59. The molecule has 2 N–H and O–H groups in total. The monoisotopic (exact) mass is 259 g/mol. The van der Waals surface area contributed by atoms with Crippen LogP contribution in [0.1, 0.15) is 39.0 Å². The van der Waals surface area contributed by atoms with Crippen LogP contribution in [0, 0.1) is 5.41 Å². The highest BCUT2D eigenvalue weighted by molar-refractivity contribution is 5.53. The van der Waals surface area contributed by atoms with E-state index in [-0.39, 0.29) is 11.3 Å². The molecule has 1 heterocycles. The summed E-state index contributed by atoms with van der Waals surface area (Å²) < 4.78 is 5.38. The Bertz CT molecular complexity index is 514. The molecule has 19 heavy (non-hydrogen) atoms. The van der Waals surface area contributed by atoms with Crippen LogP contribution in [-0.2, 0) is 0 Å². The molecule has 0 aliphatic carbocycles. The van der Waals surface area contributed by atoms with Gasteiger partial charge in [0, 0.05) is 12.1 Å². The van der Waals surface area contributed by atoms with Crippen LogP contribution >= 0.6 is 0 Å². The number of hydrogen-bond donors (Lipinski definition) is 1. The van der Waals surface area contributed by atoms with E-state index in [2.05, 4.69) is 30.9 Å². The van der Waals surface area contributed by atoms with Crippen molar-refractivity contribution in [3.63, 3.8) is 0 Å². The number of nitrogens with two attached hydrogens (primary N) is 1. The van der Waals surface area contributed by atoms with Gasteiger partial charge in [-0.2, -0.15) is 4.98 Å². The minimum absolute atomic E-state index is 0.116. The van der Waals surface area contributed by atoms with E-state index in [4.69, 9.17) is 10.3 Å². The van der Waals surface area contributed by atoms with Crippen LogP contribution in [-0.4, -0.2) is 16.7 Å². The average Bonchev–Trinajstić information content (AvgIpc) is 2.85. The van der Waals surface area contributed by atoms with E-state index in [0.717, 1.165) is 12.0 Å². The molecule has 0 spiro atoms. The van der Waals surface area contributed by atoms with Gasteiger partial charge in [0.15, 0.2) is 0 Å². The Morgan fingerprint density at radius 1 is 1.21 bits per heavy atom. The van der Waals surface area contributed by atoms with Crippen LogP contribution in [0.2, 0.25) is 0 Å². The second-order valence-electron chi connectivity index (χ2n) is 6.02. The van der Waals surface area contributed by atoms with Crippen molar-refractivity contribution >= 4 is 0 Å². The van der Waals surface area contributed by atoms with Crippen molar-refractivity contribution in [1.29, 1.82) is 0 Å². The molecule has 1 atom stereocenters. The summed E-state index contributed by atoms with van der Waals surface area (Å²) in [6.07, 6.45) is 0.930. The third-order valence-electron chi connectivity index (χ3n) is 2.97. The highest BCUT2D eigenvalue weighted by Crippen LogP contribution is 2.30. The summed E-state index contributed by atoms with van der Waals surface area (Å²) >= 11 is 0. The fraction of sp³-hybridized carbons (Fsp3) is 0.467. The molecule has 0 saturated heterocycles. The summed E-state index contributed by atoms with van der Waals surface area (Å²) in [5, 5.41) is 4.04. The number of rotatable bonds is 4. The minimum atomic E-state index is 0.116. The Labute approximate surface area is 114 Å². The van der Waals surface area contributed by atoms with Gasteiger partial charge in [0.1, 0.15) is 0 Å². The van der Waals surface area contributed by atoms with Crippen LogP contribution < -0.4 is 5.73 Å². The SMILES string of the molecule is CC(C)(C)CC(CN)c1nc(-c2ccccc2)no1. The Balaban J connectivity index is 2.20. The molecule has 0 aliphatic heterocycles. The fourth-order valence-electron chi connectivity index (χ4n) is 2.12. The van der Waals surface area contributed by atoms with Gasteiger partial charge in [0.2, 0.25) is 11.7 Å². The van der Waals surface area contributed by atoms with Gasteiger partial charge in [-0.15, -0.1) is 0 Å². The standard InChI is InChI=1S/C15H21N3O/c1-15(2,3)9-12(10-16)14-17-13(18-19-14)11-7-5-4-6-8-11/h4-8,12H,9-10,16H2,1-3H3. The molecule has 4 heteroatoms. The molecule has 0 fully saturated rings. The molecule has 0 radical (unpaired) electrons. The molecule has 1 aromatic heterocycles. The number of hydrogen-bond acceptors (Lipinski definition) is 4. The number of nitrogens with zero attached hydrogens (tertiary/aromatic N) is 2. The maximum atomic E-state index is 5.83. The molecule has 2 aromatic rings. The van der Waals surface area contributed by atoms with Crippen molar-refractivity contribution in [2.75, 3.05) is 6.54 Å². The summed E-state index contributed by atoms with van der Waals surface area (Å²) in [5.41, 5.74) is 6.98. The van der Waals surface area contributed by atoms with Gasteiger partial charge in [-0.3, -0.25) is 0 Å². The first kappa shape index (κ1) is 13.7. The topological polar surface area (TPSA) is 64.9 Å². The molecular formula is C15H21N3O. The van der Waals surface area contributed by atoms with E-state index in [0.29, 0.717) is 18.3 Å². The van der Waals surface area contributed by atoms with Crippen LogP contribution in [0.3, 0.4) is 0 Å². The summed E-state index contributed by atoms with van der Waals surface area (Å²) in [4.78, 5) is 4.48. The number of benzene rings is 1. The molecule has 0 bridgehead atoms. The Morgan fingerprint density at radius 3 is 2.47 bits per heavy atom. The van der Waals surface area contributed by atoms with Crippen LogP contribution in [0.5, 0.6) is 0 Å². The Hall–Kier alpha value is -1.68. The third-order valence-corrected chi connectivity index (χ3v) is 2.97. The van der Waals surface area contributed by atoms with Crippen LogP contribution in [0.25, 0.3) is 11.4 Å². The largest absolute Gasteiger partial charge is 0.339 e. The normalized spacial score (nSPS) is 13.5. The van der Waals surface area contributed by atoms with E-state index in [1.54, 1.807) is 0 Å². The van der Waals surface area contributed by atoms with Gasteiger partial charge in [-0.1, -0.05) is 56.3 Å². The van der Waals surface area contributed by atoms with Gasteiger partial charge < -0.3 is 10.3 Å². The summed E-state index contributed by atoms with van der Waals surface area (Å²) in [5.74, 6) is 1.38. The molecule has 0 aliphatic rings. The summed E-state index contributed by atoms with van der Waals surface area (Å²) in [6.45, 7) is 7.08. The van der Waals surface area contributed by atoms with E-state index in [1.165, 1.54) is 0 Å². The van der Waals surface area contributed by atoms with Crippen molar-refractivity contribution in [3.8, 4) is 11.4 Å². The fourth-order valence-corrected chi connectivity index (χ4v) is 2.12. The zero-order valence-corrected chi connectivity index (χ0v) is 11.8. The third kappa shape index (κ3) is 3.64. The lowest BCUT2D eigenvalue weighted by molar-refractivity contribution is 0.287. The van der Waals surface area contributed by atoms with E-state index in [1.807, 2.05) is 30.3 Å². The Kier molecular flexibility index (Phi) is 4.00. The number of aromatic nitrogens is 2. The minimum Gasteiger partial charge on any atom is -0.339 e. The van der Waals surface area contributed by atoms with Crippen molar-refractivity contribution in [2.45, 2.75) is 33.1 Å². The zero-order chi connectivity index (χ0) is 13.9. The van der Waals surface area contributed by atoms with Crippen molar-refractivity contribution < 1.29 is 4.52 Å². The van der Waals surface area contributed by atoms with E-state index < -0.39 is 0 Å². The van der Waals surface area contributed by atoms with Gasteiger partial charge in [0.25, 0.3) is 0 Å². The molecule has 0 amide bonds. The van der Waals surface area contributed by atoms with Crippen LogP contribution in [0.15, 0.2) is 34.9 Å². The molecular weight excluding hydrogens is 238 g/mol. The predicted molar refractivity (Wildman–Crippen MR) is 75.6 cm³/mol. The second kappa shape index (κ2) is 5.53. The Morgan fingerprint density at radius 2 is 1.89 bits per heavy atom. The predicted octanol–water partition coefficient (Wildman–Crippen LogP) is 3.22. The maximum absolute atomic E-state index is 5.83. The lowest BCUT2D eigenvalue weighted by Crippen LogP contribution is -2.19. The molecule has 2 rings (SSSR count). The quantitative estimate of drug-likeness (QED) is 0.915. The first-order chi connectivity index (χ1) is 8.99. The highest BCUT2D eigenvalue weighted by Gasteiger charge is 2.24. The highest BCUT2D eigenvalue weighted by atomic mass is 16.5. The van der Waals surface area contributed by atoms with Crippen molar-refractivity contribution in [2.24, 2.45) is 11.1 Å². The molecule has 4 nitrogen and oxygen atoms in total. The smallest absolute Gasteiger partial charge is 0.231 e. The molecule has 0 saturated carbocycles. The van der Waals surface area contributed by atoms with Crippen molar-refractivity contribution in [1.82, 2.24) is 10.1 Å². The maximum Gasteiger partial charge on any atom is 0.231 e. The second-order valence-corrected chi connectivity index (χ2v) is 6.02. The van der Waals surface area contributed by atoms with Gasteiger partial charge in [0.05, 0.1) is 5.92 Å². The molecule has 1 aromatic carbocycles. The lowest BCUT2D eigenvalue weighted by atomic mass is 9.84. The van der Waals surface area contributed by atoms with Gasteiger partial charge >= 0.3 is 0 Å². The van der Waals surface area contributed by atoms with Crippen molar-refractivity contribution in [3.05, 3.63) is 36.2 Å². The summed E-state index contributed by atoms with van der Waals surface area (Å²) in [7, 11) is 0. The average molecular weight is 259 g/mol. The zero-order valence-electron chi connectivity index (χ0n) is 11.8. The van der Waals surface area contributed by atoms with Gasteiger partial charge in [-0.25, -0.2) is 0 Å². The first-order valence-electron chi connectivity index (χ1n) is 6.59. The lowest BCUT2D eigenvalue weighted by Gasteiger charge is -2.22. The van der Waals surface area contributed by atoms with E-state index in [9.17, 15) is 0 Å².